The number of amides is 1. The summed E-state index contributed by atoms with van der Waals surface area (Å²) in [6.07, 6.45) is 1.76. The summed E-state index contributed by atoms with van der Waals surface area (Å²) in [6, 6.07) is 15.2. The number of hydrogen-bond donors (Lipinski definition) is 1. The lowest BCUT2D eigenvalue weighted by molar-refractivity contribution is -0.118. The third kappa shape index (κ3) is 2.48. The van der Waals surface area contributed by atoms with Crippen molar-refractivity contribution in [2.45, 2.75) is 18.3 Å². The Morgan fingerprint density at radius 3 is 2.35 bits per heavy atom. The number of hydrogen-bond acceptors (Lipinski definition) is 1. The van der Waals surface area contributed by atoms with Crippen LogP contribution in [-0.4, -0.2) is 5.91 Å². The first-order chi connectivity index (χ1) is 9.62. The maximum atomic E-state index is 12.6. The summed E-state index contributed by atoms with van der Waals surface area (Å²) in [7, 11) is 0. The largest absolute Gasteiger partial charge is 0.324 e. The standard InChI is InChI=1S/C16H13BrClNO/c17-13-3-1-2-4-14(13)19-15(20)16(9-10-16)11-5-7-12(18)8-6-11/h1-8H,9-10H2,(H,19,20). The predicted octanol–water partition coefficient (Wildman–Crippen LogP) is 4.77. The van der Waals surface area contributed by atoms with E-state index in [-0.39, 0.29) is 11.3 Å². The van der Waals surface area contributed by atoms with Gasteiger partial charge in [0, 0.05) is 9.50 Å². The number of benzene rings is 2. The van der Waals surface area contributed by atoms with Gasteiger partial charge in [-0.2, -0.15) is 0 Å². The second kappa shape index (κ2) is 5.23. The van der Waals surface area contributed by atoms with Gasteiger partial charge in [-0.15, -0.1) is 0 Å². The third-order valence-corrected chi connectivity index (χ3v) is 4.65. The third-order valence-electron chi connectivity index (χ3n) is 3.70. The van der Waals surface area contributed by atoms with E-state index >= 15 is 0 Å². The van der Waals surface area contributed by atoms with Gasteiger partial charge >= 0.3 is 0 Å². The van der Waals surface area contributed by atoms with Crippen LogP contribution in [-0.2, 0) is 10.2 Å². The van der Waals surface area contributed by atoms with Gasteiger partial charge in [0.15, 0.2) is 0 Å². The van der Waals surface area contributed by atoms with Gasteiger partial charge in [-0.25, -0.2) is 0 Å². The van der Waals surface area contributed by atoms with Crippen LogP contribution in [0.2, 0.25) is 5.02 Å². The number of rotatable bonds is 3. The Labute approximate surface area is 131 Å². The quantitative estimate of drug-likeness (QED) is 0.848. The molecule has 1 amide bonds. The highest BCUT2D eigenvalue weighted by molar-refractivity contribution is 9.10. The molecular weight excluding hydrogens is 338 g/mol. The second-order valence-corrected chi connectivity index (χ2v) is 6.31. The van der Waals surface area contributed by atoms with Crippen LogP contribution in [0.4, 0.5) is 5.69 Å². The fraction of sp³-hybridized carbons (Fsp3) is 0.188. The number of anilines is 1. The Balaban J connectivity index is 1.84. The fourth-order valence-electron chi connectivity index (χ4n) is 2.35. The molecule has 1 N–H and O–H groups in total. The fourth-order valence-corrected chi connectivity index (χ4v) is 2.86. The summed E-state index contributed by atoms with van der Waals surface area (Å²) in [6.45, 7) is 0. The topological polar surface area (TPSA) is 29.1 Å². The van der Waals surface area contributed by atoms with Crippen molar-refractivity contribution in [1.29, 1.82) is 0 Å². The lowest BCUT2D eigenvalue weighted by atomic mass is 9.95. The van der Waals surface area contributed by atoms with Crippen LogP contribution < -0.4 is 5.32 Å². The van der Waals surface area contributed by atoms with E-state index in [0.717, 1.165) is 28.6 Å². The van der Waals surface area contributed by atoms with E-state index in [0.29, 0.717) is 5.02 Å². The molecule has 1 fully saturated rings. The number of nitrogens with one attached hydrogen (secondary N) is 1. The monoisotopic (exact) mass is 349 g/mol. The molecule has 0 bridgehead atoms. The lowest BCUT2D eigenvalue weighted by Crippen LogP contribution is -2.27. The Bertz CT molecular complexity index is 650. The molecule has 2 nitrogen and oxygen atoms in total. The van der Waals surface area contributed by atoms with Gasteiger partial charge in [0.05, 0.1) is 11.1 Å². The van der Waals surface area contributed by atoms with Crippen molar-refractivity contribution >= 4 is 39.1 Å². The zero-order valence-electron chi connectivity index (χ0n) is 10.7. The van der Waals surface area contributed by atoms with Gasteiger partial charge in [0.1, 0.15) is 0 Å². The van der Waals surface area contributed by atoms with Crippen molar-refractivity contribution in [3.63, 3.8) is 0 Å². The Hall–Kier alpha value is -1.32. The predicted molar refractivity (Wildman–Crippen MR) is 85.1 cm³/mol. The highest BCUT2D eigenvalue weighted by atomic mass is 79.9. The minimum absolute atomic E-state index is 0.0479. The molecule has 102 valence electrons. The molecule has 0 aliphatic heterocycles. The van der Waals surface area contributed by atoms with Crippen molar-refractivity contribution < 1.29 is 4.79 Å². The van der Waals surface area contributed by atoms with E-state index in [2.05, 4.69) is 21.2 Å². The molecule has 1 saturated carbocycles. The number of carbonyl (C=O) groups excluding carboxylic acids is 1. The van der Waals surface area contributed by atoms with Gasteiger partial charge in [-0.3, -0.25) is 4.79 Å². The first-order valence-electron chi connectivity index (χ1n) is 6.44. The second-order valence-electron chi connectivity index (χ2n) is 5.02. The van der Waals surface area contributed by atoms with Crippen LogP contribution in [0.3, 0.4) is 0 Å². The Morgan fingerprint density at radius 2 is 1.75 bits per heavy atom. The molecule has 1 aliphatic carbocycles. The smallest absolute Gasteiger partial charge is 0.235 e. The van der Waals surface area contributed by atoms with Crippen LogP contribution in [0.1, 0.15) is 18.4 Å². The molecule has 0 atom stereocenters. The van der Waals surface area contributed by atoms with E-state index < -0.39 is 0 Å². The zero-order chi connectivity index (χ0) is 14.2. The van der Waals surface area contributed by atoms with Crippen molar-refractivity contribution in [3.8, 4) is 0 Å². The average Bonchev–Trinajstić information content (AvgIpc) is 3.24. The zero-order valence-corrected chi connectivity index (χ0v) is 13.0. The van der Waals surface area contributed by atoms with Gasteiger partial charge < -0.3 is 5.32 Å². The van der Waals surface area contributed by atoms with Crippen LogP contribution in [0.5, 0.6) is 0 Å². The molecule has 3 rings (SSSR count). The minimum Gasteiger partial charge on any atom is -0.324 e. The molecule has 20 heavy (non-hydrogen) atoms. The number of carbonyl (C=O) groups is 1. The maximum Gasteiger partial charge on any atom is 0.235 e. The minimum atomic E-state index is -0.389. The summed E-state index contributed by atoms with van der Waals surface area (Å²) < 4.78 is 0.889. The summed E-state index contributed by atoms with van der Waals surface area (Å²) in [5.41, 5.74) is 1.45. The maximum absolute atomic E-state index is 12.6. The SMILES string of the molecule is O=C(Nc1ccccc1Br)C1(c2ccc(Cl)cc2)CC1. The lowest BCUT2D eigenvalue weighted by Gasteiger charge is -2.16. The Morgan fingerprint density at radius 1 is 1.10 bits per heavy atom. The van der Waals surface area contributed by atoms with Crippen molar-refractivity contribution in [2.24, 2.45) is 0 Å². The first kappa shape index (κ1) is 13.7. The van der Waals surface area contributed by atoms with E-state index in [1.165, 1.54) is 0 Å². The van der Waals surface area contributed by atoms with Gasteiger partial charge in [0.25, 0.3) is 0 Å². The molecule has 2 aromatic carbocycles. The van der Waals surface area contributed by atoms with Gasteiger partial charge in [-0.1, -0.05) is 35.9 Å². The molecule has 2 aromatic rings. The molecule has 0 aromatic heterocycles. The normalized spacial score (nSPS) is 15.7. The molecule has 0 heterocycles. The molecule has 0 saturated heterocycles. The van der Waals surface area contributed by atoms with Gasteiger partial charge in [0.2, 0.25) is 5.91 Å². The summed E-state index contributed by atoms with van der Waals surface area (Å²) >= 11 is 9.35. The van der Waals surface area contributed by atoms with Crippen LogP contribution in [0, 0.1) is 0 Å². The van der Waals surface area contributed by atoms with Crippen molar-refractivity contribution in [1.82, 2.24) is 0 Å². The molecule has 0 unspecified atom stereocenters. The van der Waals surface area contributed by atoms with Crippen LogP contribution >= 0.6 is 27.5 Å². The molecule has 1 aliphatic rings. The highest BCUT2D eigenvalue weighted by Crippen LogP contribution is 2.49. The number of halogens is 2. The van der Waals surface area contributed by atoms with Crippen LogP contribution in [0.15, 0.2) is 53.0 Å². The van der Waals surface area contributed by atoms with Crippen LogP contribution in [0.25, 0.3) is 0 Å². The van der Waals surface area contributed by atoms with Crippen molar-refractivity contribution in [2.75, 3.05) is 5.32 Å². The first-order valence-corrected chi connectivity index (χ1v) is 7.61. The summed E-state index contributed by atoms with van der Waals surface area (Å²) in [5, 5.41) is 3.70. The number of para-hydroxylation sites is 1. The molecular formula is C16H13BrClNO. The average molecular weight is 351 g/mol. The molecule has 0 radical (unpaired) electrons. The van der Waals surface area contributed by atoms with E-state index in [1.807, 2.05) is 48.5 Å². The van der Waals surface area contributed by atoms with E-state index in [9.17, 15) is 4.79 Å². The highest BCUT2D eigenvalue weighted by Gasteiger charge is 2.51. The molecule has 4 heteroatoms. The molecule has 0 spiro atoms. The summed E-state index contributed by atoms with van der Waals surface area (Å²) in [5.74, 6) is 0.0479. The van der Waals surface area contributed by atoms with E-state index in [4.69, 9.17) is 11.6 Å². The Kier molecular flexibility index (Phi) is 3.57. The van der Waals surface area contributed by atoms with Gasteiger partial charge in [-0.05, 0) is 58.6 Å². The summed E-state index contributed by atoms with van der Waals surface area (Å²) in [4.78, 5) is 12.6. The van der Waals surface area contributed by atoms with E-state index in [1.54, 1.807) is 0 Å². The van der Waals surface area contributed by atoms with Crippen molar-refractivity contribution in [3.05, 3.63) is 63.6 Å².